The zero-order valence-electron chi connectivity index (χ0n) is 15.8. The molecular formula is C20H18Cl2N4O2S2. The third-order valence-electron chi connectivity index (χ3n) is 4.79. The van der Waals surface area contributed by atoms with E-state index in [-0.39, 0.29) is 18.2 Å². The lowest BCUT2D eigenvalue weighted by molar-refractivity contribution is -0.130. The van der Waals surface area contributed by atoms with Gasteiger partial charge in [0.15, 0.2) is 5.13 Å². The number of rotatable bonds is 5. The van der Waals surface area contributed by atoms with E-state index in [0.29, 0.717) is 52.6 Å². The Morgan fingerprint density at radius 2 is 1.90 bits per heavy atom. The summed E-state index contributed by atoms with van der Waals surface area (Å²) in [7, 11) is 0. The Balaban J connectivity index is 1.30. The molecule has 1 fully saturated rings. The average molecular weight is 481 g/mol. The second kappa shape index (κ2) is 9.34. The summed E-state index contributed by atoms with van der Waals surface area (Å²) < 4.78 is 0. The summed E-state index contributed by atoms with van der Waals surface area (Å²) in [6.45, 7) is 2.58. The Labute approximate surface area is 192 Å². The standard InChI is InChI=1S/C20H18Cl2N4O2S2/c21-15-2-1-3-16(18(15)22)25-5-7-26(8-6-25)17(27)10-14-12-30-20(23-14)24-19(28)13-4-9-29-11-13/h1-4,9,11-12H,5-8,10H2,(H,23,24,28). The zero-order chi connectivity index (χ0) is 21.1. The first-order valence-corrected chi connectivity index (χ1v) is 11.8. The molecule has 1 aliphatic heterocycles. The number of piperazine rings is 1. The first-order valence-electron chi connectivity index (χ1n) is 9.26. The number of benzene rings is 1. The van der Waals surface area contributed by atoms with Gasteiger partial charge in [-0.1, -0.05) is 29.3 Å². The number of hydrogen-bond acceptors (Lipinski definition) is 6. The van der Waals surface area contributed by atoms with Crippen LogP contribution in [0.3, 0.4) is 0 Å². The van der Waals surface area contributed by atoms with Crippen molar-refractivity contribution >= 4 is 68.5 Å². The highest BCUT2D eigenvalue weighted by molar-refractivity contribution is 7.14. The average Bonchev–Trinajstić information content (AvgIpc) is 3.43. The van der Waals surface area contributed by atoms with Crippen molar-refractivity contribution in [3.63, 3.8) is 0 Å². The number of thiazole rings is 1. The number of aromatic nitrogens is 1. The van der Waals surface area contributed by atoms with Crippen molar-refractivity contribution in [3.8, 4) is 0 Å². The van der Waals surface area contributed by atoms with Crippen molar-refractivity contribution in [3.05, 3.63) is 61.7 Å². The third-order valence-corrected chi connectivity index (χ3v) is 7.09. The smallest absolute Gasteiger partial charge is 0.258 e. The van der Waals surface area contributed by atoms with E-state index in [9.17, 15) is 9.59 Å². The highest BCUT2D eigenvalue weighted by Crippen LogP contribution is 2.33. The maximum Gasteiger partial charge on any atom is 0.258 e. The van der Waals surface area contributed by atoms with Crippen LogP contribution in [0.1, 0.15) is 16.1 Å². The van der Waals surface area contributed by atoms with Gasteiger partial charge in [0.05, 0.1) is 33.4 Å². The molecule has 3 aromatic rings. The van der Waals surface area contributed by atoms with E-state index in [0.717, 1.165) is 5.69 Å². The third kappa shape index (κ3) is 4.78. The molecule has 6 nitrogen and oxygen atoms in total. The van der Waals surface area contributed by atoms with Crippen LogP contribution in [0, 0.1) is 0 Å². The first kappa shape index (κ1) is 21.1. The molecule has 2 amide bonds. The number of carbonyl (C=O) groups is 2. The molecule has 2 aromatic heterocycles. The van der Waals surface area contributed by atoms with Crippen molar-refractivity contribution in [1.82, 2.24) is 9.88 Å². The monoisotopic (exact) mass is 480 g/mol. The fraction of sp³-hybridized carbons (Fsp3) is 0.250. The van der Waals surface area contributed by atoms with Crippen molar-refractivity contribution in [1.29, 1.82) is 0 Å². The molecule has 0 aliphatic carbocycles. The largest absolute Gasteiger partial charge is 0.367 e. The van der Waals surface area contributed by atoms with Crippen molar-refractivity contribution in [2.24, 2.45) is 0 Å². The summed E-state index contributed by atoms with van der Waals surface area (Å²) in [5.41, 5.74) is 2.15. The van der Waals surface area contributed by atoms with Crippen LogP contribution in [0.15, 0.2) is 40.4 Å². The van der Waals surface area contributed by atoms with Crippen LogP contribution in [-0.2, 0) is 11.2 Å². The number of nitrogens with one attached hydrogen (secondary N) is 1. The maximum atomic E-state index is 12.7. The van der Waals surface area contributed by atoms with Gasteiger partial charge in [-0.3, -0.25) is 14.9 Å². The van der Waals surface area contributed by atoms with Gasteiger partial charge in [0, 0.05) is 36.9 Å². The lowest BCUT2D eigenvalue weighted by Crippen LogP contribution is -2.49. The molecule has 0 atom stereocenters. The SMILES string of the molecule is O=C(Nc1nc(CC(=O)N2CCN(c3cccc(Cl)c3Cl)CC2)cs1)c1ccsc1. The van der Waals surface area contributed by atoms with Crippen LogP contribution in [0.2, 0.25) is 10.0 Å². The molecule has 0 radical (unpaired) electrons. The molecule has 156 valence electrons. The van der Waals surface area contributed by atoms with Crippen molar-refractivity contribution < 1.29 is 9.59 Å². The van der Waals surface area contributed by atoms with Crippen molar-refractivity contribution in [2.45, 2.75) is 6.42 Å². The summed E-state index contributed by atoms with van der Waals surface area (Å²) in [6, 6.07) is 7.33. The summed E-state index contributed by atoms with van der Waals surface area (Å²) in [5.74, 6) is -0.174. The molecule has 10 heteroatoms. The van der Waals surface area contributed by atoms with Gasteiger partial charge in [-0.25, -0.2) is 4.98 Å². The Morgan fingerprint density at radius 3 is 2.63 bits per heavy atom. The van der Waals surface area contributed by atoms with Crippen LogP contribution in [0.4, 0.5) is 10.8 Å². The molecule has 1 aromatic carbocycles. The first-order chi connectivity index (χ1) is 14.5. The number of anilines is 2. The Kier molecular flexibility index (Phi) is 6.58. The minimum Gasteiger partial charge on any atom is -0.367 e. The van der Waals surface area contributed by atoms with E-state index in [1.165, 1.54) is 22.7 Å². The molecule has 0 spiro atoms. The van der Waals surface area contributed by atoms with Gasteiger partial charge in [0.1, 0.15) is 0 Å². The molecule has 1 aliphatic rings. The highest BCUT2D eigenvalue weighted by Gasteiger charge is 2.23. The fourth-order valence-corrected chi connectivity index (χ4v) is 4.96. The highest BCUT2D eigenvalue weighted by atomic mass is 35.5. The van der Waals surface area contributed by atoms with E-state index in [4.69, 9.17) is 23.2 Å². The second-order valence-electron chi connectivity index (χ2n) is 6.73. The number of carbonyl (C=O) groups excluding carboxylic acids is 2. The summed E-state index contributed by atoms with van der Waals surface area (Å²) in [4.78, 5) is 33.1. The predicted molar refractivity (Wildman–Crippen MR) is 123 cm³/mol. The maximum absolute atomic E-state index is 12.7. The molecule has 30 heavy (non-hydrogen) atoms. The molecule has 3 heterocycles. The molecule has 4 rings (SSSR count). The minimum absolute atomic E-state index is 0.0212. The van der Waals surface area contributed by atoms with Gasteiger partial charge >= 0.3 is 0 Å². The van der Waals surface area contributed by atoms with Crippen LogP contribution < -0.4 is 10.2 Å². The minimum atomic E-state index is -0.195. The quantitative estimate of drug-likeness (QED) is 0.576. The summed E-state index contributed by atoms with van der Waals surface area (Å²) in [6.07, 6.45) is 0.211. The van der Waals surface area contributed by atoms with Crippen LogP contribution in [0.5, 0.6) is 0 Å². The normalized spacial score (nSPS) is 14.1. The van der Waals surface area contributed by atoms with E-state index >= 15 is 0 Å². The van der Waals surface area contributed by atoms with Gasteiger partial charge in [0.25, 0.3) is 5.91 Å². The van der Waals surface area contributed by atoms with Gasteiger partial charge in [0.2, 0.25) is 5.91 Å². The second-order valence-corrected chi connectivity index (χ2v) is 9.15. The molecular weight excluding hydrogens is 463 g/mol. The van der Waals surface area contributed by atoms with Crippen LogP contribution in [0.25, 0.3) is 0 Å². The molecule has 0 bridgehead atoms. The lowest BCUT2D eigenvalue weighted by Gasteiger charge is -2.36. The van der Waals surface area contributed by atoms with Crippen molar-refractivity contribution in [2.75, 3.05) is 36.4 Å². The van der Waals surface area contributed by atoms with E-state index < -0.39 is 0 Å². The van der Waals surface area contributed by atoms with Gasteiger partial charge in [-0.2, -0.15) is 11.3 Å². The summed E-state index contributed by atoms with van der Waals surface area (Å²) in [5, 5.41) is 9.77. The molecule has 1 N–H and O–H groups in total. The number of thiophene rings is 1. The number of nitrogens with zero attached hydrogens (tertiary/aromatic N) is 3. The van der Waals surface area contributed by atoms with Gasteiger partial charge in [-0.05, 0) is 23.6 Å². The fourth-order valence-electron chi connectivity index (χ4n) is 3.21. The zero-order valence-corrected chi connectivity index (χ0v) is 19.0. The van der Waals surface area contributed by atoms with E-state index in [1.807, 2.05) is 27.8 Å². The predicted octanol–water partition coefficient (Wildman–Crippen LogP) is 4.66. The van der Waals surface area contributed by atoms with Crippen LogP contribution in [-0.4, -0.2) is 47.9 Å². The molecule has 0 unspecified atom stereocenters. The molecule has 0 saturated carbocycles. The lowest BCUT2D eigenvalue weighted by atomic mass is 10.2. The Bertz CT molecular complexity index is 1050. The topological polar surface area (TPSA) is 65.5 Å². The van der Waals surface area contributed by atoms with E-state index in [2.05, 4.69) is 15.2 Å². The van der Waals surface area contributed by atoms with Crippen LogP contribution >= 0.6 is 45.9 Å². The van der Waals surface area contributed by atoms with Gasteiger partial charge in [-0.15, -0.1) is 11.3 Å². The van der Waals surface area contributed by atoms with Gasteiger partial charge < -0.3 is 9.80 Å². The number of amides is 2. The Hall–Kier alpha value is -2.13. The van der Waals surface area contributed by atoms with E-state index in [1.54, 1.807) is 17.5 Å². The number of halogens is 2. The number of hydrogen-bond donors (Lipinski definition) is 1. The Morgan fingerprint density at radius 1 is 1.10 bits per heavy atom. The molecule has 1 saturated heterocycles. The summed E-state index contributed by atoms with van der Waals surface area (Å²) >= 11 is 15.2.